The predicted octanol–water partition coefficient (Wildman–Crippen LogP) is 2.94. The van der Waals surface area contributed by atoms with E-state index in [2.05, 4.69) is 24.8 Å². The average Bonchev–Trinajstić information content (AvgIpc) is 2.55. The molecule has 2 nitrogen and oxygen atoms in total. The quantitative estimate of drug-likeness (QED) is 0.659. The molecule has 0 aromatic heterocycles. The molecule has 84 valence electrons. The number of hydrogen-bond donors (Lipinski definition) is 0. The van der Waals surface area contributed by atoms with E-state index < -0.39 is 0 Å². The molecule has 0 aromatic carbocycles. The SMILES string of the molecule is CC1(C)CCCC1(C#N)N1CCCCC1. The van der Waals surface area contributed by atoms with Crippen molar-refractivity contribution >= 4 is 0 Å². The molecule has 0 amide bonds. The zero-order valence-corrected chi connectivity index (χ0v) is 10.1. The molecule has 1 unspecified atom stereocenters. The molecule has 0 radical (unpaired) electrons. The van der Waals surface area contributed by atoms with Crippen molar-refractivity contribution < 1.29 is 0 Å². The lowest BCUT2D eigenvalue weighted by molar-refractivity contribution is 0.0372. The van der Waals surface area contributed by atoms with Crippen LogP contribution < -0.4 is 0 Å². The Morgan fingerprint density at radius 1 is 1.00 bits per heavy atom. The lowest BCUT2D eigenvalue weighted by Gasteiger charge is -2.46. The number of hydrogen-bond acceptors (Lipinski definition) is 2. The van der Waals surface area contributed by atoms with E-state index in [0.29, 0.717) is 0 Å². The predicted molar refractivity (Wildman–Crippen MR) is 61.4 cm³/mol. The van der Waals surface area contributed by atoms with E-state index >= 15 is 0 Å². The molecule has 1 heterocycles. The molecular weight excluding hydrogens is 184 g/mol. The van der Waals surface area contributed by atoms with E-state index in [0.717, 1.165) is 19.5 Å². The van der Waals surface area contributed by atoms with Gasteiger partial charge in [0.2, 0.25) is 0 Å². The van der Waals surface area contributed by atoms with Crippen LogP contribution in [0.15, 0.2) is 0 Å². The molecule has 2 rings (SSSR count). The van der Waals surface area contributed by atoms with Crippen LogP contribution in [0.2, 0.25) is 0 Å². The van der Waals surface area contributed by atoms with Gasteiger partial charge < -0.3 is 0 Å². The van der Waals surface area contributed by atoms with E-state index in [9.17, 15) is 5.26 Å². The topological polar surface area (TPSA) is 27.0 Å². The highest BCUT2D eigenvalue weighted by Gasteiger charge is 2.53. The van der Waals surface area contributed by atoms with Gasteiger partial charge in [-0.1, -0.05) is 20.3 Å². The van der Waals surface area contributed by atoms with Crippen LogP contribution in [0.1, 0.15) is 52.4 Å². The van der Waals surface area contributed by atoms with Crippen molar-refractivity contribution in [3.05, 3.63) is 0 Å². The molecule has 1 aliphatic heterocycles. The Morgan fingerprint density at radius 2 is 1.67 bits per heavy atom. The Hall–Kier alpha value is -0.550. The Balaban J connectivity index is 2.24. The molecule has 1 saturated heterocycles. The van der Waals surface area contributed by atoms with Crippen LogP contribution in [0.4, 0.5) is 0 Å². The summed E-state index contributed by atoms with van der Waals surface area (Å²) in [5.41, 5.74) is 0.0203. The first-order chi connectivity index (χ1) is 7.12. The zero-order chi connectivity index (χ0) is 10.9. The molecule has 0 aromatic rings. The van der Waals surface area contributed by atoms with Gasteiger partial charge in [-0.25, -0.2) is 0 Å². The standard InChI is InChI=1S/C13H22N2/c1-12(2)7-6-8-13(12,11-14)15-9-4-3-5-10-15/h3-10H2,1-2H3. The van der Waals surface area contributed by atoms with E-state index in [-0.39, 0.29) is 11.0 Å². The van der Waals surface area contributed by atoms with Crippen LogP contribution >= 0.6 is 0 Å². The summed E-state index contributed by atoms with van der Waals surface area (Å²) in [7, 11) is 0. The van der Waals surface area contributed by atoms with Gasteiger partial charge in [-0.15, -0.1) is 0 Å². The minimum atomic E-state index is -0.159. The van der Waals surface area contributed by atoms with Gasteiger partial charge in [-0.2, -0.15) is 5.26 Å². The van der Waals surface area contributed by atoms with Gasteiger partial charge in [0.15, 0.2) is 0 Å². The number of nitrogens with zero attached hydrogens (tertiary/aromatic N) is 2. The Labute approximate surface area is 93.3 Å². The summed E-state index contributed by atoms with van der Waals surface area (Å²) >= 11 is 0. The Morgan fingerprint density at radius 3 is 2.13 bits per heavy atom. The van der Waals surface area contributed by atoms with Gasteiger partial charge in [0.05, 0.1) is 6.07 Å². The van der Waals surface area contributed by atoms with Gasteiger partial charge in [-0.05, 0) is 50.6 Å². The van der Waals surface area contributed by atoms with Crippen LogP contribution in [0.3, 0.4) is 0 Å². The molecule has 15 heavy (non-hydrogen) atoms. The minimum absolute atomic E-state index is 0.159. The lowest BCUT2D eigenvalue weighted by atomic mass is 9.74. The molecule has 2 heteroatoms. The van der Waals surface area contributed by atoms with E-state index in [1.54, 1.807) is 0 Å². The van der Waals surface area contributed by atoms with Gasteiger partial charge >= 0.3 is 0 Å². The monoisotopic (exact) mass is 206 g/mol. The second kappa shape index (κ2) is 3.79. The highest BCUT2D eigenvalue weighted by molar-refractivity contribution is 5.19. The fraction of sp³-hybridized carbons (Fsp3) is 0.923. The van der Waals surface area contributed by atoms with Crippen LogP contribution in [-0.2, 0) is 0 Å². The number of piperidine rings is 1. The highest BCUT2D eigenvalue weighted by atomic mass is 15.2. The van der Waals surface area contributed by atoms with Crippen LogP contribution in [-0.4, -0.2) is 23.5 Å². The van der Waals surface area contributed by atoms with Crippen molar-refractivity contribution in [2.75, 3.05) is 13.1 Å². The summed E-state index contributed by atoms with van der Waals surface area (Å²) in [6.45, 7) is 6.82. The van der Waals surface area contributed by atoms with E-state index in [1.807, 2.05) is 0 Å². The summed E-state index contributed by atoms with van der Waals surface area (Å²) < 4.78 is 0. The largest absolute Gasteiger partial charge is 0.285 e. The summed E-state index contributed by atoms with van der Waals surface area (Å²) in [5.74, 6) is 0. The molecule has 2 aliphatic rings. The maximum absolute atomic E-state index is 9.61. The maximum Gasteiger partial charge on any atom is 0.114 e. The van der Waals surface area contributed by atoms with Gasteiger partial charge in [0.1, 0.15) is 5.54 Å². The maximum atomic E-state index is 9.61. The Bertz CT molecular complexity index is 271. The molecule has 0 N–H and O–H groups in total. The van der Waals surface area contributed by atoms with Crippen molar-refractivity contribution in [2.45, 2.75) is 57.9 Å². The summed E-state index contributed by atoms with van der Waals surface area (Å²) in [6.07, 6.45) is 7.40. The number of rotatable bonds is 1. The fourth-order valence-corrected chi connectivity index (χ4v) is 3.47. The highest BCUT2D eigenvalue weighted by Crippen LogP contribution is 2.49. The van der Waals surface area contributed by atoms with Crippen LogP contribution in [0.25, 0.3) is 0 Å². The first-order valence-corrected chi connectivity index (χ1v) is 6.29. The molecule has 0 spiro atoms. The summed E-state index contributed by atoms with van der Waals surface area (Å²) in [4.78, 5) is 2.48. The first-order valence-electron chi connectivity index (χ1n) is 6.29. The van der Waals surface area contributed by atoms with Crippen LogP contribution in [0, 0.1) is 16.7 Å². The third kappa shape index (κ3) is 1.58. The lowest BCUT2D eigenvalue weighted by Crippen LogP contribution is -2.55. The molecule has 2 fully saturated rings. The average molecular weight is 206 g/mol. The third-order valence-corrected chi connectivity index (χ3v) is 4.54. The van der Waals surface area contributed by atoms with Gasteiger partial charge in [-0.3, -0.25) is 4.90 Å². The van der Waals surface area contributed by atoms with Gasteiger partial charge in [0.25, 0.3) is 0 Å². The second-order valence-corrected chi connectivity index (χ2v) is 5.76. The van der Waals surface area contributed by atoms with E-state index in [1.165, 1.54) is 32.1 Å². The zero-order valence-electron chi connectivity index (χ0n) is 10.1. The second-order valence-electron chi connectivity index (χ2n) is 5.76. The van der Waals surface area contributed by atoms with Crippen molar-refractivity contribution in [1.29, 1.82) is 5.26 Å². The van der Waals surface area contributed by atoms with Crippen molar-refractivity contribution in [3.8, 4) is 6.07 Å². The molecule has 0 bridgehead atoms. The van der Waals surface area contributed by atoms with E-state index in [4.69, 9.17) is 0 Å². The van der Waals surface area contributed by atoms with Crippen molar-refractivity contribution in [2.24, 2.45) is 5.41 Å². The van der Waals surface area contributed by atoms with Gasteiger partial charge in [0, 0.05) is 0 Å². The molecule has 1 saturated carbocycles. The molecule has 1 aliphatic carbocycles. The van der Waals surface area contributed by atoms with Crippen molar-refractivity contribution in [1.82, 2.24) is 4.90 Å². The molecular formula is C13H22N2. The van der Waals surface area contributed by atoms with Crippen LogP contribution in [0.5, 0.6) is 0 Å². The normalized spacial score (nSPS) is 36.3. The third-order valence-electron chi connectivity index (χ3n) is 4.54. The summed E-state index contributed by atoms with van der Waals surface area (Å²) in [6, 6.07) is 2.66. The number of likely N-dealkylation sites (tertiary alicyclic amines) is 1. The Kier molecular flexibility index (Phi) is 2.77. The number of nitriles is 1. The smallest absolute Gasteiger partial charge is 0.114 e. The summed E-state index contributed by atoms with van der Waals surface area (Å²) in [5, 5.41) is 9.61. The first kappa shape index (κ1) is 11.0. The van der Waals surface area contributed by atoms with Crippen molar-refractivity contribution in [3.63, 3.8) is 0 Å². The molecule has 1 atom stereocenters. The fourth-order valence-electron chi connectivity index (χ4n) is 3.47. The minimum Gasteiger partial charge on any atom is -0.285 e.